The second-order valence-corrected chi connectivity index (χ2v) is 9.16. The van der Waals surface area contributed by atoms with Crippen molar-refractivity contribution in [2.75, 3.05) is 0 Å². The summed E-state index contributed by atoms with van der Waals surface area (Å²) in [6, 6.07) is 12.9. The number of nitrogens with zero attached hydrogens (tertiary/aromatic N) is 3. The number of hydrogen-bond donors (Lipinski definition) is 3. The molecule has 9 heteroatoms. The summed E-state index contributed by atoms with van der Waals surface area (Å²) in [4.78, 5) is 11.5. The van der Waals surface area contributed by atoms with Crippen LogP contribution in [0.15, 0.2) is 58.0 Å². The van der Waals surface area contributed by atoms with Gasteiger partial charge < -0.3 is 19.6 Å². The first kappa shape index (κ1) is 20.6. The first-order chi connectivity index (χ1) is 14.0. The largest absolute Gasteiger partial charge is 0.454 e. The number of hydrogen-bond acceptors (Lipinski definition) is 4. The molecular formula is C20H21BBr2N4O2. The minimum Gasteiger partial charge on any atom is -0.427 e. The predicted octanol–water partition coefficient (Wildman–Crippen LogP) is 5.08. The van der Waals surface area contributed by atoms with Gasteiger partial charge in [0, 0.05) is 15.0 Å². The molecule has 29 heavy (non-hydrogen) atoms. The van der Waals surface area contributed by atoms with Crippen LogP contribution in [-0.4, -0.2) is 36.7 Å². The van der Waals surface area contributed by atoms with Crippen molar-refractivity contribution >= 4 is 61.0 Å². The number of aromatic nitrogens is 4. The van der Waals surface area contributed by atoms with Crippen LogP contribution in [0.4, 0.5) is 0 Å². The fourth-order valence-electron chi connectivity index (χ4n) is 2.95. The van der Waals surface area contributed by atoms with Crippen molar-refractivity contribution in [3.8, 4) is 0 Å². The van der Waals surface area contributed by atoms with E-state index < -0.39 is 7.12 Å². The van der Waals surface area contributed by atoms with Gasteiger partial charge in [-0.2, -0.15) is 0 Å². The molecule has 0 atom stereocenters. The van der Waals surface area contributed by atoms with Gasteiger partial charge in [0.05, 0.1) is 34.7 Å². The molecule has 6 rings (SSSR count). The SMILES string of the molecule is Brc1ccc2c(c1)ncn2C1CC1.Brc1ccc2nc[nH]c2c1.OB(O)C1CC1. The zero-order valence-corrected chi connectivity index (χ0v) is 18.8. The molecular weight excluding hydrogens is 499 g/mol. The van der Waals surface area contributed by atoms with Crippen molar-refractivity contribution in [3.63, 3.8) is 0 Å². The molecule has 0 radical (unpaired) electrons. The van der Waals surface area contributed by atoms with Gasteiger partial charge in [-0.1, -0.05) is 44.7 Å². The van der Waals surface area contributed by atoms with Crippen molar-refractivity contribution in [2.24, 2.45) is 0 Å². The highest BCUT2D eigenvalue weighted by molar-refractivity contribution is 9.10. The number of fused-ring (bicyclic) bond motifs is 2. The lowest BCUT2D eigenvalue weighted by Gasteiger charge is -1.99. The monoisotopic (exact) mass is 518 g/mol. The van der Waals surface area contributed by atoms with Crippen LogP contribution in [-0.2, 0) is 0 Å². The predicted molar refractivity (Wildman–Crippen MR) is 123 cm³/mol. The van der Waals surface area contributed by atoms with Gasteiger partial charge in [0.2, 0.25) is 0 Å². The number of halogens is 2. The molecule has 2 aromatic carbocycles. The van der Waals surface area contributed by atoms with Gasteiger partial charge in [0.1, 0.15) is 0 Å². The van der Waals surface area contributed by atoms with Crippen LogP contribution in [0.25, 0.3) is 22.1 Å². The molecule has 2 heterocycles. The molecule has 2 aromatic heterocycles. The van der Waals surface area contributed by atoms with Gasteiger partial charge in [-0.25, -0.2) is 9.97 Å². The van der Waals surface area contributed by atoms with E-state index in [-0.39, 0.29) is 5.82 Å². The fourth-order valence-corrected chi connectivity index (χ4v) is 3.66. The number of aromatic amines is 1. The minimum atomic E-state index is -1.04. The molecule has 3 N–H and O–H groups in total. The van der Waals surface area contributed by atoms with Crippen LogP contribution >= 0.6 is 31.9 Å². The maximum absolute atomic E-state index is 8.25. The molecule has 2 fully saturated rings. The van der Waals surface area contributed by atoms with Crippen LogP contribution in [0, 0.1) is 0 Å². The van der Waals surface area contributed by atoms with E-state index in [1.54, 1.807) is 6.33 Å². The quantitative estimate of drug-likeness (QED) is 0.322. The van der Waals surface area contributed by atoms with Gasteiger partial charge in [-0.15, -0.1) is 0 Å². The summed E-state index contributed by atoms with van der Waals surface area (Å²) in [5.41, 5.74) is 4.41. The van der Waals surface area contributed by atoms with Crippen LogP contribution in [0.2, 0.25) is 5.82 Å². The second kappa shape index (κ2) is 8.99. The maximum Gasteiger partial charge on any atom is 0.454 e. The Morgan fingerprint density at radius 2 is 1.66 bits per heavy atom. The molecule has 0 aliphatic heterocycles. The lowest BCUT2D eigenvalue weighted by atomic mass is 9.84. The molecule has 2 saturated carbocycles. The van der Waals surface area contributed by atoms with Crippen molar-refractivity contribution < 1.29 is 10.0 Å². The molecule has 6 nitrogen and oxygen atoms in total. The summed E-state index contributed by atoms with van der Waals surface area (Å²) < 4.78 is 4.45. The van der Waals surface area contributed by atoms with Crippen LogP contribution in [0.5, 0.6) is 0 Å². The molecule has 0 spiro atoms. The standard InChI is InChI=1S/C10H9BrN2.C7H5BrN2.C3H7BO2/c11-7-1-4-10-9(5-7)12-6-13(10)8-2-3-8;8-5-1-2-6-7(3-5)10-4-9-6;5-4(6)3-1-2-3/h1,4-6,8H,2-3H2;1-4H,(H,9,10);3,5-6H,1-2H2. The average Bonchev–Trinajstić information content (AvgIpc) is 3.63. The van der Waals surface area contributed by atoms with Gasteiger partial charge in [-0.05, 0) is 55.1 Å². The van der Waals surface area contributed by atoms with Crippen LogP contribution < -0.4 is 0 Å². The Kier molecular flexibility index (Phi) is 6.39. The highest BCUT2D eigenvalue weighted by Gasteiger charge is 2.33. The molecule has 0 saturated heterocycles. The number of rotatable bonds is 2. The second-order valence-electron chi connectivity index (χ2n) is 7.33. The summed E-state index contributed by atoms with van der Waals surface area (Å²) in [5, 5.41) is 16.5. The summed E-state index contributed by atoms with van der Waals surface area (Å²) in [5.74, 6) is 0.213. The van der Waals surface area contributed by atoms with E-state index in [1.807, 2.05) is 24.5 Å². The smallest absolute Gasteiger partial charge is 0.427 e. The Bertz CT molecular complexity index is 1110. The third kappa shape index (κ3) is 5.48. The van der Waals surface area contributed by atoms with Crippen molar-refractivity contribution in [1.82, 2.24) is 19.5 Å². The number of imidazole rings is 2. The Balaban J connectivity index is 0.000000114. The Morgan fingerprint density at radius 3 is 2.31 bits per heavy atom. The van der Waals surface area contributed by atoms with Gasteiger partial charge in [0.15, 0.2) is 0 Å². The average molecular weight is 520 g/mol. The van der Waals surface area contributed by atoms with Crippen LogP contribution in [0.1, 0.15) is 31.7 Å². The zero-order chi connectivity index (χ0) is 20.4. The van der Waals surface area contributed by atoms with Gasteiger partial charge >= 0.3 is 7.12 Å². The summed E-state index contributed by atoms with van der Waals surface area (Å²) in [7, 11) is -1.04. The fraction of sp³-hybridized carbons (Fsp3) is 0.300. The highest BCUT2D eigenvalue weighted by atomic mass is 79.9. The zero-order valence-electron chi connectivity index (χ0n) is 15.7. The highest BCUT2D eigenvalue weighted by Crippen LogP contribution is 2.37. The Morgan fingerprint density at radius 1 is 0.931 bits per heavy atom. The van der Waals surface area contributed by atoms with E-state index in [4.69, 9.17) is 10.0 Å². The molecule has 0 amide bonds. The van der Waals surface area contributed by atoms with Gasteiger partial charge in [0.25, 0.3) is 0 Å². The molecule has 150 valence electrons. The molecule has 2 aliphatic carbocycles. The number of benzene rings is 2. The van der Waals surface area contributed by atoms with E-state index in [2.05, 4.69) is 69.6 Å². The third-order valence-corrected chi connectivity index (χ3v) is 5.89. The third-order valence-electron chi connectivity index (χ3n) is 4.90. The van der Waals surface area contributed by atoms with E-state index >= 15 is 0 Å². The number of nitrogens with one attached hydrogen (secondary N) is 1. The summed E-state index contributed by atoms with van der Waals surface area (Å²) in [6.07, 6.45) is 8.25. The van der Waals surface area contributed by atoms with E-state index in [1.165, 1.54) is 18.4 Å². The topological polar surface area (TPSA) is 87.0 Å². The Labute approximate surface area is 185 Å². The van der Waals surface area contributed by atoms with Gasteiger partial charge in [-0.3, -0.25) is 0 Å². The van der Waals surface area contributed by atoms with E-state index in [0.29, 0.717) is 6.04 Å². The summed E-state index contributed by atoms with van der Waals surface area (Å²) in [6.45, 7) is 0. The Hall–Kier alpha value is -1.68. The lowest BCUT2D eigenvalue weighted by Crippen LogP contribution is -2.09. The van der Waals surface area contributed by atoms with E-state index in [9.17, 15) is 0 Å². The van der Waals surface area contributed by atoms with Crippen molar-refractivity contribution in [3.05, 3.63) is 58.0 Å². The van der Waals surface area contributed by atoms with Crippen LogP contribution in [0.3, 0.4) is 0 Å². The number of H-pyrrole nitrogens is 1. The minimum absolute atomic E-state index is 0.213. The van der Waals surface area contributed by atoms with Crippen molar-refractivity contribution in [1.29, 1.82) is 0 Å². The lowest BCUT2D eigenvalue weighted by molar-refractivity contribution is 0.403. The summed E-state index contributed by atoms with van der Waals surface area (Å²) >= 11 is 6.81. The maximum atomic E-state index is 8.25. The molecule has 2 aliphatic rings. The van der Waals surface area contributed by atoms with E-state index in [0.717, 1.165) is 38.3 Å². The first-order valence-corrected chi connectivity index (χ1v) is 11.2. The van der Waals surface area contributed by atoms with Crippen molar-refractivity contribution in [2.45, 2.75) is 37.5 Å². The molecule has 4 aromatic rings. The molecule has 0 bridgehead atoms. The molecule has 0 unspecified atom stereocenters. The normalized spacial score (nSPS) is 15.4. The first-order valence-electron chi connectivity index (χ1n) is 9.58.